The van der Waals surface area contributed by atoms with Crippen LogP contribution in [0.25, 0.3) is 11.3 Å². The molecule has 0 fully saturated rings. The van der Waals surface area contributed by atoms with Crippen LogP contribution in [0.4, 0.5) is 5.13 Å². The number of carbonyl (C=O) groups excluding carboxylic acids is 1. The van der Waals surface area contributed by atoms with Crippen LogP contribution in [0.5, 0.6) is 5.75 Å². The number of carbonyl (C=O) groups is 1. The second-order valence-corrected chi connectivity index (χ2v) is 5.99. The van der Waals surface area contributed by atoms with E-state index in [1.807, 2.05) is 24.3 Å². The highest BCUT2D eigenvalue weighted by Crippen LogP contribution is 2.40. The summed E-state index contributed by atoms with van der Waals surface area (Å²) in [7, 11) is 1.77. The predicted molar refractivity (Wildman–Crippen MR) is 83.0 cm³/mol. The zero-order valence-corrected chi connectivity index (χ0v) is 12.6. The normalized spacial score (nSPS) is 12.2. The number of aryl methyl sites for hydroxylation is 1. The Morgan fingerprint density at radius 3 is 3.05 bits per heavy atom. The van der Waals surface area contributed by atoms with Gasteiger partial charge in [-0.3, -0.25) is 14.8 Å². The summed E-state index contributed by atoms with van der Waals surface area (Å²) in [6, 6.07) is 9.44. The number of rotatable bonds is 2. The monoisotopic (exact) mass is 312 g/mol. The number of hydrogen-bond donors (Lipinski definition) is 1. The van der Waals surface area contributed by atoms with Crippen LogP contribution in [0.3, 0.4) is 0 Å². The Labute approximate surface area is 130 Å². The van der Waals surface area contributed by atoms with E-state index in [0.717, 1.165) is 21.9 Å². The van der Waals surface area contributed by atoms with Crippen molar-refractivity contribution in [2.45, 2.75) is 6.61 Å². The molecule has 0 saturated heterocycles. The molecule has 4 rings (SSSR count). The number of aromatic nitrogens is 3. The Morgan fingerprint density at radius 2 is 2.23 bits per heavy atom. The van der Waals surface area contributed by atoms with Gasteiger partial charge in [-0.2, -0.15) is 5.10 Å². The first-order valence-electron chi connectivity index (χ1n) is 6.73. The zero-order valence-electron chi connectivity index (χ0n) is 11.7. The Morgan fingerprint density at radius 1 is 1.36 bits per heavy atom. The van der Waals surface area contributed by atoms with E-state index in [0.29, 0.717) is 17.4 Å². The minimum Gasteiger partial charge on any atom is -0.487 e. The number of hydrogen-bond acceptors (Lipinski definition) is 5. The van der Waals surface area contributed by atoms with Crippen molar-refractivity contribution >= 4 is 22.4 Å². The molecule has 110 valence electrons. The minimum atomic E-state index is -0.263. The van der Waals surface area contributed by atoms with Crippen LogP contribution in [-0.4, -0.2) is 20.7 Å². The van der Waals surface area contributed by atoms with Gasteiger partial charge in [0.05, 0.1) is 10.6 Å². The molecule has 0 atom stereocenters. The smallest absolute Gasteiger partial charge is 0.277 e. The van der Waals surface area contributed by atoms with Gasteiger partial charge >= 0.3 is 0 Å². The van der Waals surface area contributed by atoms with Crippen molar-refractivity contribution in [3.8, 4) is 17.0 Å². The van der Waals surface area contributed by atoms with Gasteiger partial charge < -0.3 is 4.74 Å². The summed E-state index contributed by atoms with van der Waals surface area (Å²) < 4.78 is 7.29. The molecule has 0 bridgehead atoms. The summed E-state index contributed by atoms with van der Waals surface area (Å²) in [5, 5.41) is 7.43. The van der Waals surface area contributed by atoms with Gasteiger partial charge in [-0.25, -0.2) is 4.98 Å². The maximum absolute atomic E-state index is 12.1. The molecule has 1 aliphatic rings. The molecule has 1 N–H and O–H groups in total. The van der Waals surface area contributed by atoms with Gasteiger partial charge in [-0.15, -0.1) is 0 Å². The van der Waals surface area contributed by atoms with Crippen molar-refractivity contribution in [3.05, 3.63) is 47.1 Å². The summed E-state index contributed by atoms with van der Waals surface area (Å²) in [4.78, 5) is 17.7. The van der Waals surface area contributed by atoms with Crippen LogP contribution in [0.1, 0.15) is 15.4 Å². The highest BCUT2D eigenvalue weighted by Gasteiger charge is 2.22. The van der Waals surface area contributed by atoms with Crippen LogP contribution in [0.15, 0.2) is 36.5 Å². The molecule has 3 aromatic rings. The van der Waals surface area contributed by atoms with E-state index in [1.165, 1.54) is 11.3 Å². The molecular formula is C15H12N4O2S. The van der Waals surface area contributed by atoms with Crippen LogP contribution >= 0.6 is 11.3 Å². The van der Waals surface area contributed by atoms with Gasteiger partial charge in [-0.05, 0) is 18.2 Å². The summed E-state index contributed by atoms with van der Waals surface area (Å²) in [5.41, 5.74) is 2.20. The van der Waals surface area contributed by atoms with E-state index in [-0.39, 0.29) is 5.91 Å². The van der Waals surface area contributed by atoms with Crippen LogP contribution in [0.2, 0.25) is 0 Å². The highest BCUT2D eigenvalue weighted by molar-refractivity contribution is 7.16. The third-order valence-corrected chi connectivity index (χ3v) is 4.31. The van der Waals surface area contributed by atoms with Crippen molar-refractivity contribution in [1.29, 1.82) is 0 Å². The fourth-order valence-electron chi connectivity index (χ4n) is 2.34. The molecule has 0 saturated carbocycles. The summed E-state index contributed by atoms with van der Waals surface area (Å²) >= 11 is 1.43. The lowest BCUT2D eigenvalue weighted by Gasteiger charge is -2.15. The number of amides is 1. The van der Waals surface area contributed by atoms with Crippen LogP contribution in [0, 0.1) is 0 Å². The van der Waals surface area contributed by atoms with E-state index < -0.39 is 0 Å². The Bertz CT molecular complexity index is 868. The van der Waals surface area contributed by atoms with E-state index in [4.69, 9.17) is 4.74 Å². The van der Waals surface area contributed by atoms with E-state index in [2.05, 4.69) is 15.4 Å². The number of ether oxygens (including phenoxy) is 1. The molecule has 0 radical (unpaired) electrons. The first kappa shape index (κ1) is 13.0. The maximum atomic E-state index is 12.1. The van der Waals surface area contributed by atoms with Gasteiger partial charge in [0, 0.05) is 18.8 Å². The Hall–Kier alpha value is -2.67. The molecule has 6 nitrogen and oxygen atoms in total. The second-order valence-electron chi connectivity index (χ2n) is 4.90. The van der Waals surface area contributed by atoms with Crippen molar-refractivity contribution in [2.24, 2.45) is 7.05 Å². The fraction of sp³-hybridized carbons (Fsp3) is 0.133. The summed E-state index contributed by atoms with van der Waals surface area (Å²) in [6.07, 6.45) is 1.73. The lowest BCUT2D eigenvalue weighted by molar-refractivity contribution is 0.102. The quantitative estimate of drug-likeness (QED) is 0.790. The maximum Gasteiger partial charge on any atom is 0.277 e. The fourth-order valence-corrected chi connectivity index (χ4v) is 3.23. The van der Waals surface area contributed by atoms with Gasteiger partial charge in [0.15, 0.2) is 10.8 Å². The van der Waals surface area contributed by atoms with Gasteiger partial charge in [0.25, 0.3) is 5.91 Å². The third kappa shape index (κ3) is 2.15. The number of fused-ring (bicyclic) bond motifs is 3. The molecular weight excluding hydrogens is 300 g/mol. The van der Waals surface area contributed by atoms with E-state index >= 15 is 0 Å². The van der Waals surface area contributed by atoms with Gasteiger partial charge in [-0.1, -0.05) is 23.5 Å². The number of benzene rings is 1. The largest absolute Gasteiger partial charge is 0.487 e. The number of thiazole rings is 1. The van der Waals surface area contributed by atoms with Gasteiger partial charge in [0.1, 0.15) is 12.4 Å². The molecule has 0 aliphatic carbocycles. The van der Waals surface area contributed by atoms with Gasteiger partial charge in [0.2, 0.25) is 0 Å². The van der Waals surface area contributed by atoms with Crippen molar-refractivity contribution in [1.82, 2.24) is 14.8 Å². The molecule has 1 aromatic carbocycles. The minimum absolute atomic E-state index is 0.263. The molecule has 3 heterocycles. The lowest BCUT2D eigenvalue weighted by atomic mass is 10.1. The molecule has 22 heavy (non-hydrogen) atoms. The zero-order chi connectivity index (χ0) is 15.1. The Kier molecular flexibility index (Phi) is 2.93. The number of nitrogens with one attached hydrogen (secondary N) is 1. The summed E-state index contributed by atoms with van der Waals surface area (Å²) in [5.74, 6) is 0.559. The SMILES string of the molecule is Cn1ccc(C(=O)Nc2nc3c(s2)COc2ccccc2-3)n1. The molecule has 7 heteroatoms. The number of para-hydroxylation sites is 1. The molecule has 0 spiro atoms. The van der Waals surface area contributed by atoms with E-state index in [1.54, 1.807) is 24.0 Å². The first-order valence-corrected chi connectivity index (χ1v) is 7.55. The number of nitrogens with zero attached hydrogens (tertiary/aromatic N) is 3. The molecule has 1 amide bonds. The standard InChI is InChI=1S/C15H12N4O2S/c1-19-7-6-10(18-19)14(20)17-15-16-13-9-4-2-3-5-11(9)21-8-12(13)22-15/h2-7H,8H2,1H3,(H,16,17,20). The number of anilines is 1. The first-order chi connectivity index (χ1) is 10.7. The van der Waals surface area contributed by atoms with Crippen LogP contribution in [-0.2, 0) is 13.7 Å². The Balaban J connectivity index is 1.64. The van der Waals surface area contributed by atoms with E-state index in [9.17, 15) is 4.79 Å². The third-order valence-electron chi connectivity index (χ3n) is 3.37. The highest BCUT2D eigenvalue weighted by atomic mass is 32.1. The molecule has 1 aliphatic heterocycles. The average Bonchev–Trinajstić information content (AvgIpc) is 3.13. The molecule has 0 unspecified atom stereocenters. The predicted octanol–water partition coefficient (Wildman–Crippen LogP) is 2.69. The topological polar surface area (TPSA) is 69.0 Å². The summed E-state index contributed by atoms with van der Waals surface area (Å²) in [6.45, 7) is 0.476. The lowest BCUT2D eigenvalue weighted by Crippen LogP contribution is -2.12. The van der Waals surface area contributed by atoms with Crippen molar-refractivity contribution in [3.63, 3.8) is 0 Å². The van der Waals surface area contributed by atoms with Crippen molar-refractivity contribution < 1.29 is 9.53 Å². The molecule has 2 aromatic heterocycles. The average molecular weight is 312 g/mol. The van der Waals surface area contributed by atoms with Crippen molar-refractivity contribution in [2.75, 3.05) is 5.32 Å². The van der Waals surface area contributed by atoms with Crippen LogP contribution < -0.4 is 10.1 Å². The second kappa shape index (κ2) is 4.96.